The van der Waals surface area contributed by atoms with E-state index in [1.54, 1.807) is 0 Å². The Hall–Kier alpha value is -0.610. The van der Waals surface area contributed by atoms with E-state index >= 15 is 0 Å². The number of nitrogens with two attached hydrogens (primary N) is 1. The highest BCUT2D eigenvalue weighted by Gasteiger charge is 2.32. The second-order valence-electron chi connectivity index (χ2n) is 5.13. The molecule has 2 atom stereocenters. The first kappa shape index (κ1) is 11.9. The molecular weight excluding hydrogens is 204 g/mol. The van der Waals surface area contributed by atoms with Crippen molar-refractivity contribution >= 4 is 5.91 Å². The molecule has 2 rings (SSSR count). The Balaban J connectivity index is 1.85. The first-order valence-electron chi connectivity index (χ1n) is 6.40. The normalized spacial score (nSPS) is 33.8. The zero-order valence-corrected chi connectivity index (χ0v) is 9.77. The highest BCUT2D eigenvalue weighted by molar-refractivity contribution is 5.76. The molecule has 16 heavy (non-hydrogen) atoms. The van der Waals surface area contributed by atoms with Crippen LogP contribution in [0.4, 0.5) is 0 Å². The molecule has 1 aliphatic heterocycles. The van der Waals surface area contributed by atoms with Crippen molar-refractivity contribution in [3.63, 3.8) is 0 Å². The lowest BCUT2D eigenvalue weighted by molar-refractivity contribution is -0.123. The molecule has 92 valence electrons. The van der Waals surface area contributed by atoms with Crippen LogP contribution in [-0.4, -0.2) is 41.1 Å². The largest absolute Gasteiger partial charge is 0.391 e. The van der Waals surface area contributed by atoms with Gasteiger partial charge >= 0.3 is 0 Å². The van der Waals surface area contributed by atoms with Crippen LogP contribution in [0.2, 0.25) is 0 Å². The molecule has 0 aromatic carbocycles. The number of nitrogens with zero attached hydrogens (tertiary/aromatic N) is 1. The number of aliphatic hydroxyl groups excluding tert-OH is 1. The van der Waals surface area contributed by atoms with E-state index in [1.807, 2.05) is 0 Å². The summed E-state index contributed by atoms with van der Waals surface area (Å²) in [5, 5.41) is 9.96. The van der Waals surface area contributed by atoms with Gasteiger partial charge < -0.3 is 10.8 Å². The van der Waals surface area contributed by atoms with Crippen molar-refractivity contribution in [3.8, 4) is 0 Å². The number of rotatable bonds is 2. The lowest BCUT2D eigenvalue weighted by Gasteiger charge is -2.41. The molecule has 1 saturated carbocycles. The first-order chi connectivity index (χ1) is 7.68. The Morgan fingerprint density at radius 2 is 1.75 bits per heavy atom. The van der Waals surface area contributed by atoms with E-state index in [4.69, 9.17) is 5.73 Å². The summed E-state index contributed by atoms with van der Waals surface area (Å²) >= 11 is 0. The molecule has 0 aromatic heterocycles. The molecule has 1 heterocycles. The molecular formula is C12H22N2O2. The van der Waals surface area contributed by atoms with Gasteiger partial charge in [-0.05, 0) is 38.8 Å². The van der Waals surface area contributed by atoms with Gasteiger partial charge in [0.05, 0.1) is 6.10 Å². The van der Waals surface area contributed by atoms with Crippen LogP contribution in [0.5, 0.6) is 0 Å². The van der Waals surface area contributed by atoms with Gasteiger partial charge in [0.25, 0.3) is 0 Å². The van der Waals surface area contributed by atoms with Crippen molar-refractivity contribution in [2.75, 3.05) is 13.1 Å². The summed E-state index contributed by atoms with van der Waals surface area (Å²) in [4.78, 5) is 13.4. The van der Waals surface area contributed by atoms with Gasteiger partial charge in [-0.3, -0.25) is 9.69 Å². The number of primary amides is 1. The van der Waals surface area contributed by atoms with Crippen LogP contribution in [-0.2, 0) is 4.79 Å². The fraction of sp³-hybridized carbons (Fsp3) is 0.917. The van der Waals surface area contributed by atoms with Crippen molar-refractivity contribution in [2.24, 2.45) is 11.7 Å². The minimum Gasteiger partial charge on any atom is -0.391 e. The predicted molar refractivity (Wildman–Crippen MR) is 61.8 cm³/mol. The third-order valence-electron chi connectivity index (χ3n) is 4.09. The molecule has 2 unspecified atom stereocenters. The van der Waals surface area contributed by atoms with Gasteiger partial charge in [0.2, 0.25) is 5.91 Å². The summed E-state index contributed by atoms with van der Waals surface area (Å²) in [7, 11) is 0. The molecule has 1 aliphatic carbocycles. The van der Waals surface area contributed by atoms with E-state index in [-0.39, 0.29) is 17.9 Å². The molecule has 3 N–H and O–H groups in total. The van der Waals surface area contributed by atoms with E-state index < -0.39 is 0 Å². The Labute approximate surface area is 96.8 Å². The van der Waals surface area contributed by atoms with E-state index in [0.29, 0.717) is 6.04 Å². The number of piperidine rings is 1. The van der Waals surface area contributed by atoms with Crippen LogP contribution >= 0.6 is 0 Å². The number of carbonyl (C=O) groups is 1. The first-order valence-corrected chi connectivity index (χ1v) is 6.40. The fourth-order valence-corrected chi connectivity index (χ4v) is 3.03. The van der Waals surface area contributed by atoms with Crippen LogP contribution in [0.25, 0.3) is 0 Å². The van der Waals surface area contributed by atoms with Crippen LogP contribution < -0.4 is 5.73 Å². The zero-order valence-electron chi connectivity index (χ0n) is 9.77. The van der Waals surface area contributed by atoms with E-state index in [1.165, 1.54) is 6.42 Å². The monoisotopic (exact) mass is 226 g/mol. The van der Waals surface area contributed by atoms with Crippen molar-refractivity contribution in [1.29, 1.82) is 0 Å². The highest BCUT2D eigenvalue weighted by atomic mass is 16.3. The number of amides is 1. The van der Waals surface area contributed by atoms with Gasteiger partial charge in [0.1, 0.15) is 0 Å². The summed E-state index contributed by atoms with van der Waals surface area (Å²) in [6.07, 6.45) is 5.95. The Morgan fingerprint density at radius 3 is 2.31 bits per heavy atom. The number of likely N-dealkylation sites (tertiary alicyclic amines) is 1. The molecule has 1 saturated heterocycles. The maximum absolute atomic E-state index is 11.1. The molecule has 0 bridgehead atoms. The minimum absolute atomic E-state index is 0.0528. The second kappa shape index (κ2) is 5.15. The number of aliphatic hydroxyl groups is 1. The molecule has 2 fully saturated rings. The maximum Gasteiger partial charge on any atom is 0.220 e. The highest BCUT2D eigenvalue weighted by Crippen LogP contribution is 2.27. The number of hydrogen-bond acceptors (Lipinski definition) is 3. The van der Waals surface area contributed by atoms with Crippen LogP contribution in [0, 0.1) is 5.92 Å². The maximum atomic E-state index is 11.1. The summed E-state index contributed by atoms with van der Waals surface area (Å²) in [5.74, 6) is -0.110. The predicted octanol–water partition coefficient (Wildman–Crippen LogP) is 0.487. The molecule has 4 nitrogen and oxygen atoms in total. The third-order valence-corrected chi connectivity index (χ3v) is 4.09. The van der Waals surface area contributed by atoms with Crippen molar-refractivity contribution in [1.82, 2.24) is 4.90 Å². The van der Waals surface area contributed by atoms with Gasteiger partial charge in [-0.25, -0.2) is 0 Å². The average molecular weight is 226 g/mol. The van der Waals surface area contributed by atoms with E-state index in [2.05, 4.69) is 4.90 Å². The fourth-order valence-electron chi connectivity index (χ4n) is 3.03. The summed E-state index contributed by atoms with van der Waals surface area (Å²) in [6, 6.07) is 0.322. The summed E-state index contributed by atoms with van der Waals surface area (Å²) < 4.78 is 0. The zero-order chi connectivity index (χ0) is 11.5. The van der Waals surface area contributed by atoms with Crippen molar-refractivity contribution < 1.29 is 9.90 Å². The molecule has 0 radical (unpaired) electrons. The SMILES string of the molecule is NC(=O)C1CCN(C2CCCCC2O)CC1. The van der Waals surface area contributed by atoms with Crippen molar-refractivity contribution in [2.45, 2.75) is 50.7 Å². The summed E-state index contributed by atoms with van der Waals surface area (Å²) in [5.41, 5.74) is 5.31. The smallest absolute Gasteiger partial charge is 0.220 e. The van der Waals surface area contributed by atoms with E-state index in [9.17, 15) is 9.90 Å². The number of hydrogen-bond donors (Lipinski definition) is 2. The summed E-state index contributed by atoms with van der Waals surface area (Å²) in [6.45, 7) is 1.82. The topological polar surface area (TPSA) is 66.6 Å². The van der Waals surface area contributed by atoms with E-state index in [0.717, 1.165) is 45.2 Å². The lowest BCUT2D eigenvalue weighted by Crippen LogP contribution is -2.49. The minimum atomic E-state index is -0.168. The second-order valence-corrected chi connectivity index (χ2v) is 5.13. The van der Waals surface area contributed by atoms with Gasteiger partial charge in [-0.1, -0.05) is 12.8 Å². The van der Waals surface area contributed by atoms with Crippen molar-refractivity contribution in [3.05, 3.63) is 0 Å². The Kier molecular flexibility index (Phi) is 3.82. The molecule has 0 aromatic rings. The van der Waals surface area contributed by atoms with Crippen LogP contribution in [0.15, 0.2) is 0 Å². The van der Waals surface area contributed by atoms with Gasteiger partial charge in [0, 0.05) is 12.0 Å². The molecule has 0 spiro atoms. The van der Waals surface area contributed by atoms with Crippen LogP contribution in [0.1, 0.15) is 38.5 Å². The van der Waals surface area contributed by atoms with Gasteiger partial charge in [-0.2, -0.15) is 0 Å². The quantitative estimate of drug-likeness (QED) is 0.720. The van der Waals surface area contributed by atoms with Gasteiger partial charge in [0.15, 0.2) is 0 Å². The van der Waals surface area contributed by atoms with Gasteiger partial charge in [-0.15, -0.1) is 0 Å². The number of carbonyl (C=O) groups excluding carboxylic acids is 1. The Morgan fingerprint density at radius 1 is 1.12 bits per heavy atom. The standard InChI is InChI=1S/C12H22N2O2/c13-12(16)9-5-7-14(8-6-9)10-3-1-2-4-11(10)15/h9-11,15H,1-8H2,(H2,13,16). The third kappa shape index (κ3) is 2.55. The Bertz CT molecular complexity index is 249. The lowest BCUT2D eigenvalue weighted by atomic mass is 9.88. The molecule has 1 amide bonds. The molecule has 2 aliphatic rings. The average Bonchev–Trinajstić information content (AvgIpc) is 2.30. The van der Waals surface area contributed by atoms with Crippen LogP contribution in [0.3, 0.4) is 0 Å². The molecule has 4 heteroatoms.